The molecule has 2 amide bonds. The van der Waals surface area contributed by atoms with Crippen molar-refractivity contribution in [3.63, 3.8) is 0 Å². The minimum Gasteiger partial charge on any atom is -0.336 e. The Kier molecular flexibility index (Phi) is 3.70. The van der Waals surface area contributed by atoms with E-state index in [1.54, 1.807) is 0 Å². The number of amides is 2. The fourth-order valence-corrected chi connectivity index (χ4v) is 3.49. The molecule has 0 spiro atoms. The van der Waals surface area contributed by atoms with Crippen molar-refractivity contribution in [3.05, 3.63) is 0 Å². The van der Waals surface area contributed by atoms with Crippen LogP contribution >= 0.6 is 0 Å². The molecule has 1 atom stereocenters. The molecule has 1 unspecified atom stereocenters. The first-order valence-corrected chi connectivity index (χ1v) is 7.36. The molecule has 3 fully saturated rings. The van der Waals surface area contributed by atoms with Crippen molar-refractivity contribution in [2.75, 3.05) is 32.7 Å². The van der Waals surface area contributed by atoms with Gasteiger partial charge in [-0.1, -0.05) is 0 Å². The number of urea groups is 1. The van der Waals surface area contributed by atoms with Crippen LogP contribution in [-0.4, -0.2) is 60.8 Å². The van der Waals surface area contributed by atoms with Crippen molar-refractivity contribution in [2.45, 2.75) is 44.3 Å². The molecule has 3 heterocycles. The van der Waals surface area contributed by atoms with E-state index in [9.17, 15) is 4.79 Å². The highest BCUT2D eigenvalue weighted by atomic mass is 16.2. The number of piperidine rings is 2. The first-order valence-electron chi connectivity index (χ1n) is 7.36. The molecule has 3 rings (SSSR count). The summed E-state index contributed by atoms with van der Waals surface area (Å²) in [4.78, 5) is 16.3. The van der Waals surface area contributed by atoms with Crippen LogP contribution in [-0.2, 0) is 0 Å². The topological polar surface area (TPSA) is 47.6 Å². The second-order valence-electron chi connectivity index (χ2n) is 5.66. The molecule has 5 nitrogen and oxygen atoms in total. The Morgan fingerprint density at radius 3 is 2.44 bits per heavy atom. The van der Waals surface area contributed by atoms with E-state index in [1.165, 1.54) is 25.8 Å². The SMILES string of the molecule is O=C1NCCN1C1CCN(C2CCCCN2)CC1. The second kappa shape index (κ2) is 5.45. The van der Waals surface area contributed by atoms with Gasteiger partial charge in [0.2, 0.25) is 0 Å². The third kappa shape index (κ3) is 2.47. The van der Waals surface area contributed by atoms with Crippen molar-refractivity contribution >= 4 is 6.03 Å². The molecule has 5 heteroatoms. The van der Waals surface area contributed by atoms with E-state index >= 15 is 0 Å². The Labute approximate surface area is 109 Å². The van der Waals surface area contributed by atoms with Gasteiger partial charge >= 0.3 is 6.03 Å². The number of carbonyl (C=O) groups is 1. The Balaban J connectivity index is 1.49. The number of rotatable bonds is 2. The van der Waals surface area contributed by atoms with Crippen LogP contribution in [0.2, 0.25) is 0 Å². The maximum Gasteiger partial charge on any atom is 0.317 e. The summed E-state index contributed by atoms with van der Waals surface area (Å²) in [7, 11) is 0. The Hall–Kier alpha value is -0.810. The van der Waals surface area contributed by atoms with Gasteiger partial charge in [0.1, 0.15) is 0 Å². The molecule has 0 bridgehead atoms. The van der Waals surface area contributed by atoms with Gasteiger partial charge in [-0.05, 0) is 38.6 Å². The number of nitrogens with zero attached hydrogens (tertiary/aromatic N) is 2. The van der Waals surface area contributed by atoms with Crippen LogP contribution < -0.4 is 10.6 Å². The van der Waals surface area contributed by atoms with Crippen LogP contribution in [0.25, 0.3) is 0 Å². The first kappa shape index (κ1) is 12.2. The van der Waals surface area contributed by atoms with Crippen molar-refractivity contribution in [1.29, 1.82) is 0 Å². The van der Waals surface area contributed by atoms with E-state index in [2.05, 4.69) is 15.5 Å². The highest BCUT2D eigenvalue weighted by Crippen LogP contribution is 2.21. The van der Waals surface area contributed by atoms with Crippen LogP contribution in [0.4, 0.5) is 4.79 Å². The van der Waals surface area contributed by atoms with Crippen molar-refractivity contribution in [3.8, 4) is 0 Å². The van der Waals surface area contributed by atoms with Gasteiger partial charge in [-0.3, -0.25) is 4.90 Å². The summed E-state index contributed by atoms with van der Waals surface area (Å²) in [6.45, 7) is 5.14. The highest BCUT2D eigenvalue weighted by molar-refractivity contribution is 5.76. The third-order valence-corrected chi connectivity index (χ3v) is 4.55. The zero-order valence-corrected chi connectivity index (χ0v) is 11.0. The molecule has 0 aromatic heterocycles. The summed E-state index contributed by atoms with van der Waals surface area (Å²) in [5.74, 6) is 0. The molecule has 3 aliphatic heterocycles. The third-order valence-electron chi connectivity index (χ3n) is 4.55. The van der Waals surface area contributed by atoms with Crippen molar-refractivity contribution in [1.82, 2.24) is 20.4 Å². The van der Waals surface area contributed by atoms with Gasteiger partial charge in [-0.2, -0.15) is 0 Å². The Morgan fingerprint density at radius 2 is 1.83 bits per heavy atom. The van der Waals surface area contributed by atoms with E-state index in [0.717, 1.165) is 39.0 Å². The number of carbonyl (C=O) groups excluding carboxylic acids is 1. The molecule has 102 valence electrons. The molecule has 3 aliphatic rings. The highest BCUT2D eigenvalue weighted by Gasteiger charge is 2.32. The van der Waals surface area contributed by atoms with Crippen molar-refractivity contribution < 1.29 is 4.79 Å². The normalized spacial score (nSPS) is 31.7. The van der Waals surface area contributed by atoms with Gasteiger partial charge in [-0.15, -0.1) is 0 Å². The number of likely N-dealkylation sites (tertiary alicyclic amines) is 1. The molecule has 0 saturated carbocycles. The summed E-state index contributed by atoms with van der Waals surface area (Å²) in [5.41, 5.74) is 0. The van der Waals surface area contributed by atoms with Crippen LogP contribution in [0.3, 0.4) is 0 Å². The number of hydrogen-bond acceptors (Lipinski definition) is 3. The monoisotopic (exact) mass is 252 g/mol. The molecule has 0 radical (unpaired) electrons. The van der Waals surface area contributed by atoms with E-state index in [4.69, 9.17) is 0 Å². The summed E-state index contributed by atoms with van der Waals surface area (Å²) in [6.07, 6.45) is 6.81. The lowest BCUT2D eigenvalue weighted by atomic mass is 10.0. The standard InChI is InChI=1S/C13H24N4O/c18-13-15-7-10-17(13)11-4-8-16(9-5-11)12-3-1-2-6-14-12/h11-12,14H,1-10H2,(H,15,18). The lowest BCUT2D eigenvalue weighted by molar-refractivity contribution is 0.0785. The minimum absolute atomic E-state index is 0.143. The molecular weight excluding hydrogens is 228 g/mol. The first-order chi connectivity index (χ1) is 8.84. The molecule has 0 aliphatic carbocycles. The Morgan fingerprint density at radius 1 is 1.00 bits per heavy atom. The van der Waals surface area contributed by atoms with Gasteiger partial charge in [0.05, 0.1) is 6.17 Å². The number of nitrogens with one attached hydrogen (secondary N) is 2. The quantitative estimate of drug-likeness (QED) is 0.755. The summed E-state index contributed by atoms with van der Waals surface area (Å²) >= 11 is 0. The maximum atomic E-state index is 11.6. The zero-order valence-electron chi connectivity index (χ0n) is 11.0. The van der Waals surface area contributed by atoms with Crippen molar-refractivity contribution in [2.24, 2.45) is 0 Å². The lowest BCUT2D eigenvalue weighted by Gasteiger charge is -2.41. The van der Waals surface area contributed by atoms with Gasteiger partial charge in [0, 0.05) is 32.2 Å². The van der Waals surface area contributed by atoms with Crippen LogP contribution in [0.15, 0.2) is 0 Å². The van der Waals surface area contributed by atoms with Crippen LogP contribution in [0.5, 0.6) is 0 Å². The van der Waals surface area contributed by atoms with Crippen LogP contribution in [0, 0.1) is 0 Å². The fourth-order valence-electron chi connectivity index (χ4n) is 3.49. The van der Waals surface area contributed by atoms with E-state index < -0.39 is 0 Å². The lowest BCUT2D eigenvalue weighted by Crippen LogP contribution is -2.54. The van der Waals surface area contributed by atoms with Crippen LogP contribution in [0.1, 0.15) is 32.1 Å². The maximum absolute atomic E-state index is 11.6. The largest absolute Gasteiger partial charge is 0.336 e. The minimum atomic E-state index is 0.143. The predicted molar refractivity (Wildman–Crippen MR) is 70.3 cm³/mol. The molecule has 2 N–H and O–H groups in total. The molecule has 0 aromatic carbocycles. The average Bonchev–Trinajstić information content (AvgIpc) is 2.86. The van der Waals surface area contributed by atoms with Gasteiger partial charge in [0.25, 0.3) is 0 Å². The average molecular weight is 252 g/mol. The molecule has 0 aromatic rings. The van der Waals surface area contributed by atoms with E-state index in [-0.39, 0.29) is 6.03 Å². The fraction of sp³-hybridized carbons (Fsp3) is 0.923. The van der Waals surface area contributed by atoms with E-state index in [1.807, 2.05) is 4.90 Å². The van der Waals surface area contributed by atoms with Gasteiger partial charge < -0.3 is 15.5 Å². The Bertz CT molecular complexity index is 295. The summed E-state index contributed by atoms with van der Waals surface area (Å²) in [6, 6.07) is 0.608. The smallest absolute Gasteiger partial charge is 0.317 e. The van der Waals surface area contributed by atoms with Gasteiger partial charge in [0.15, 0.2) is 0 Å². The molecule has 18 heavy (non-hydrogen) atoms. The van der Waals surface area contributed by atoms with E-state index in [0.29, 0.717) is 12.2 Å². The number of hydrogen-bond donors (Lipinski definition) is 2. The molecular formula is C13H24N4O. The summed E-state index contributed by atoms with van der Waals surface area (Å²) < 4.78 is 0. The predicted octanol–water partition coefficient (Wildman–Crippen LogP) is 0.576. The summed E-state index contributed by atoms with van der Waals surface area (Å²) in [5, 5.41) is 6.52. The van der Waals surface area contributed by atoms with Gasteiger partial charge in [-0.25, -0.2) is 4.79 Å². The zero-order chi connectivity index (χ0) is 12.4. The molecule has 3 saturated heterocycles. The second-order valence-corrected chi connectivity index (χ2v) is 5.66.